The lowest BCUT2D eigenvalue weighted by molar-refractivity contribution is -0.138. The molecule has 2 N–H and O–H groups in total. The summed E-state index contributed by atoms with van der Waals surface area (Å²) in [5.74, 6) is -0.985. The van der Waals surface area contributed by atoms with Gasteiger partial charge in [-0.2, -0.15) is 0 Å². The average Bonchev–Trinajstić information content (AvgIpc) is 1.95. The highest BCUT2D eigenvalue weighted by Crippen LogP contribution is 1.98. The Morgan fingerprint density at radius 1 is 1.23 bits per heavy atom. The molecule has 0 fully saturated rings. The molecule has 0 spiro atoms. The van der Waals surface area contributed by atoms with Crippen LogP contribution >= 0.6 is 0 Å². The van der Waals surface area contributed by atoms with Crippen LogP contribution in [0, 0.1) is 0 Å². The second-order valence-corrected chi connectivity index (χ2v) is 4.04. The van der Waals surface area contributed by atoms with Crippen LogP contribution in [-0.4, -0.2) is 28.9 Å². The summed E-state index contributed by atoms with van der Waals surface area (Å²) in [7, 11) is 0. The molecule has 0 saturated heterocycles. The number of Topliss-reactive ketones (excluding diaryl/α,β-unsaturated/α-hetero) is 1. The highest BCUT2D eigenvalue weighted by Gasteiger charge is 2.11. The van der Waals surface area contributed by atoms with Gasteiger partial charge in [-0.25, -0.2) is 0 Å². The molecular formula is C9H17NO3. The van der Waals surface area contributed by atoms with Crippen LogP contribution in [0.3, 0.4) is 0 Å². The molecule has 76 valence electrons. The number of ketones is 1. The molecule has 13 heavy (non-hydrogen) atoms. The van der Waals surface area contributed by atoms with E-state index < -0.39 is 5.97 Å². The lowest BCUT2D eigenvalue weighted by Crippen LogP contribution is -2.39. The van der Waals surface area contributed by atoms with E-state index in [0.717, 1.165) is 0 Å². The second kappa shape index (κ2) is 4.97. The summed E-state index contributed by atoms with van der Waals surface area (Å²) in [6, 6.07) is 0. The molecule has 0 amide bonds. The summed E-state index contributed by atoms with van der Waals surface area (Å²) >= 11 is 0. The smallest absolute Gasteiger partial charge is 0.303 e. The van der Waals surface area contributed by atoms with Crippen LogP contribution in [0.15, 0.2) is 0 Å². The maximum absolute atomic E-state index is 11.1. The lowest BCUT2D eigenvalue weighted by Gasteiger charge is -2.19. The molecule has 0 heterocycles. The number of rotatable bonds is 5. The molecule has 0 aromatic rings. The molecule has 0 aromatic heterocycles. The standard InChI is InChI=1S/C9H17NO3/c1-9(2,3)10-6-7(11)4-5-8(12)13/h10H,4-6H2,1-3H3,(H,12,13). The van der Waals surface area contributed by atoms with E-state index in [2.05, 4.69) is 5.32 Å². The number of aliphatic carboxylic acids is 1. The van der Waals surface area contributed by atoms with Gasteiger partial charge >= 0.3 is 5.97 Å². The summed E-state index contributed by atoms with van der Waals surface area (Å²) in [6.07, 6.45) is 0.0308. The fourth-order valence-electron chi connectivity index (χ4n) is 0.698. The molecule has 4 nitrogen and oxygen atoms in total. The summed E-state index contributed by atoms with van der Waals surface area (Å²) in [6.45, 7) is 6.11. The highest BCUT2D eigenvalue weighted by molar-refractivity contribution is 5.83. The van der Waals surface area contributed by atoms with Crippen LogP contribution in [0.1, 0.15) is 33.6 Å². The normalized spacial score (nSPS) is 11.3. The van der Waals surface area contributed by atoms with Crippen molar-refractivity contribution in [2.75, 3.05) is 6.54 Å². The van der Waals surface area contributed by atoms with Crippen LogP contribution < -0.4 is 5.32 Å². The first-order valence-electron chi connectivity index (χ1n) is 4.30. The Balaban J connectivity index is 3.58. The predicted molar refractivity (Wildman–Crippen MR) is 49.6 cm³/mol. The SMILES string of the molecule is CC(C)(C)NCC(=O)CCC(=O)O. The van der Waals surface area contributed by atoms with Crippen LogP contribution in [0.4, 0.5) is 0 Å². The van der Waals surface area contributed by atoms with Gasteiger partial charge in [-0.3, -0.25) is 9.59 Å². The third kappa shape index (κ3) is 9.01. The minimum atomic E-state index is -0.927. The van der Waals surface area contributed by atoms with Gasteiger partial charge in [0, 0.05) is 12.0 Å². The van der Waals surface area contributed by atoms with Gasteiger partial charge in [0.2, 0.25) is 0 Å². The average molecular weight is 187 g/mol. The lowest BCUT2D eigenvalue weighted by atomic mass is 10.1. The third-order valence-electron chi connectivity index (χ3n) is 1.43. The molecular weight excluding hydrogens is 170 g/mol. The quantitative estimate of drug-likeness (QED) is 0.668. The molecule has 0 rings (SSSR count). The van der Waals surface area contributed by atoms with Gasteiger partial charge in [0.15, 0.2) is 0 Å². The number of hydrogen-bond donors (Lipinski definition) is 2. The Bertz CT molecular complexity index is 194. The zero-order valence-electron chi connectivity index (χ0n) is 8.39. The van der Waals surface area contributed by atoms with Crippen molar-refractivity contribution in [3.05, 3.63) is 0 Å². The minimum Gasteiger partial charge on any atom is -0.481 e. The van der Waals surface area contributed by atoms with E-state index in [1.54, 1.807) is 0 Å². The topological polar surface area (TPSA) is 66.4 Å². The Labute approximate surface area is 78.3 Å². The molecule has 0 bridgehead atoms. The van der Waals surface area contributed by atoms with Gasteiger partial charge in [0.05, 0.1) is 13.0 Å². The molecule has 0 atom stereocenters. The number of carboxylic acids is 1. The second-order valence-electron chi connectivity index (χ2n) is 4.04. The first kappa shape index (κ1) is 12.1. The molecule has 0 unspecified atom stereocenters. The van der Waals surface area contributed by atoms with Crippen LogP contribution in [-0.2, 0) is 9.59 Å². The molecule has 0 radical (unpaired) electrons. The maximum atomic E-state index is 11.1. The summed E-state index contributed by atoms with van der Waals surface area (Å²) < 4.78 is 0. The number of carbonyl (C=O) groups is 2. The summed E-state index contributed by atoms with van der Waals surface area (Å²) in [5, 5.41) is 11.3. The van der Waals surface area contributed by atoms with Crippen molar-refractivity contribution < 1.29 is 14.7 Å². The Hall–Kier alpha value is -0.900. The van der Waals surface area contributed by atoms with E-state index in [1.165, 1.54) is 0 Å². The van der Waals surface area contributed by atoms with Crippen molar-refractivity contribution in [1.29, 1.82) is 0 Å². The Morgan fingerprint density at radius 3 is 2.15 bits per heavy atom. The number of nitrogens with one attached hydrogen (secondary N) is 1. The van der Waals surface area contributed by atoms with Gasteiger partial charge in [0.25, 0.3) is 0 Å². The van der Waals surface area contributed by atoms with E-state index in [9.17, 15) is 9.59 Å². The molecule has 0 aliphatic heterocycles. The fraction of sp³-hybridized carbons (Fsp3) is 0.778. The third-order valence-corrected chi connectivity index (χ3v) is 1.43. The Kier molecular flexibility index (Phi) is 4.62. The number of hydrogen-bond acceptors (Lipinski definition) is 3. The van der Waals surface area contributed by atoms with Gasteiger partial charge in [-0.15, -0.1) is 0 Å². The first-order valence-corrected chi connectivity index (χ1v) is 4.30. The fourth-order valence-corrected chi connectivity index (χ4v) is 0.698. The van der Waals surface area contributed by atoms with Crippen molar-refractivity contribution in [2.45, 2.75) is 39.2 Å². The van der Waals surface area contributed by atoms with E-state index in [4.69, 9.17) is 5.11 Å². The monoisotopic (exact) mass is 187 g/mol. The molecule has 0 saturated carbocycles. The van der Waals surface area contributed by atoms with E-state index in [-0.39, 0.29) is 30.7 Å². The zero-order chi connectivity index (χ0) is 10.5. The van der Waals surface area contributed by atoms with Crippen molar-refractivity contribution in [1.82, 2.24) is 5.32 Å². The number of carbonyl (C=O) groups excluding carboxylic acids is 1. The van der Waals surface area contributed by atoms with Gasteiger partial charge in [-0.1, -0.05) is 0 Å². The summed E-state index contributed by atoms with van der Waals surface area (Å²) in [5.41, 5.74) is -0.0983. The van der Waals surface area contributed by atoms with Gasteiger partial charge in [0.1, 0.15) is 5.78 Å². The maximum Gasteiger partial charge on any atom is 0.303 e. The summed E-state index contributed by atoms with van der Waals surface area (Å²) in [4.78, 5) is 21.2. The largest absolute Gasteiger partial charge is 0.481 e. The molecule has 0 aliphatic carbocycles. The molecule has 0 aliphatic rings. The van der Waals surface area contributed by atoms with Crippen LogP contribution in [0.2, 0.25) is 0 Å². The van der Waals surface area contributed by atoms with Gasteiger partial charge in [-0.05, 0) is 20.8 Å². The van der Waals surface area contributed by atoms with E-state index in [0.29, 0.717) is 0 Å². The van der Waals surface area contributed by atoms with Crippen molar-refractivity contribution in [3.8, 4) is 0 Å². The van der Waals surface area contributed by atoms with E-state index >= 15 is 0 Å². The first-order chi connectivity index (χ1) is 5.81. The van der Waals surface area contributed by atoms with Crippen molar-refractivity contribution in [2.24, 2.45) is 0 Å². The van der Waals surface area contributed by atoms with Crippen molar-refractivity contribution >= 4 is 11.8 Å². The molecule has 4 heteroatoms. The van der Waals surface area contributed by atoms with E-state index in [1.807, 2.05) is 20.8 Å². The zero-order valence-corrected chi connectivity index (χ0v) is 8.39. The number of carboxylic acid groups (broad SMARTS) is 1. The Morgan fingerprint density at radius 2 is 1.77 bits per heavy atom. The minimum absolute atomic E-state index is 0.0580. The molecule has 0 aromatic carbocycles. The van der Waals surface area contributed by atoms with Crippen molar-refractivity contribution in [3.63, 3.8) is 0 Å². The van der Waals surface area contributed by atoms with Crippen LogP contribution in [0.5, 0.6) is 0 Å². The predicted octanol–water partition coefficient (Wildman–Crippen LogP) is 0.808. The van der Waals surface area contributed by atoms with Gasteiger partial charge < -0.3 is 10.4 Å². The van der Waals surface area contributed by atoms with Crippen LogP contribution in [0.25, 0.3) is 0 Å². The highest BCUT2D eigenvalue weighted by atomic mass is 16.4.